The van der Waals surface area contributed by atoms with Gasteiger partial charge in [-0.25, -0.2) is 4.79 Å². The highest BCUT2D eigenvalue weighted by atomic mass is 16.5. The standard InChI is InChI=1S/C23H27NO4/c1-4-7-13-28-23(26)18-9-11-20(12-10-18)24-16-17-14-19(8-5-2)22(25)21(15-17)27-6-3/h5,9-12,14-16,25H,2,4,6-8,13H2,1,3H3. The number of nitrogens with zero attached hydrogens (tertiary/aromatic N) is 1. The van der Waals surface area contributed by atoms with Crippen molar-refractivity contribution in [3.05, 3.63) is 65.7 Å². The summed E-state index contributed by atoms with van der Waals surface area (Å²) in [6, 6.07) is 10.5. The number of esters is 1. The number of allylic oxidation sites excluding steroid dienone is 1. The molecule has 5 heteroatoms. The molecule has 0 aromatic heterocycles. The van der Waals surface area contributed by atoms with Gasteiger partial charge in [0.2, 0.25) is 0 Å². The molecular formula is C23H27NO4. The Kier molecular flexibility index (Phi) is 8.28. The second kappa shape index (κ2) is 10.9. The number of phenols is 1. The molecule has 0 amide bonds. The Morgan fingerprint density at radius 2 is 1.96 bits per heavy atom. The first kappa shape index (κ1) is 21.2. The summed E-state index contributed by atoms with van der Waals surface area (Å²) in [5.74, 6) is 0.233. The molecule has 5 nitrogen and oxygen atoms in total. The average Bonchev–Trinajstić information content (AvgIpc) is 2.70. The van der Waals surface area contributed by atoms with E-state index in [-0.39, 0.29) is 11.7 Å². The first-order chi connectivity index (χ1) is 13.6. The van der Waals surface area contributed by atoms with Crippen LogP contribution in [-0.2, 0) is 11.2 Å². The van der Waals surface area contributed by atoms with Gasteiger partial charge in [-0.1, -0.05) is 19.4 Å². The number of aromatic hydroxyl groups is 1. The molecule has 0 bridgehead atoms. The molecule has 0 saturated carbocycles. The van der Waals surface area contributed by atoms with E-state index in [1.165, 1.54) is 0 Å². The number of phenolic OH excluding ortho intramolecular Hbond substituents is 1. The zero-order valence-corrected chi connectivity index (χ0v) is 16.5. The summed E-state index contributed by atoms with van der Waals surface area (Å²) in [4.78, 5) is 16.4. The van der Waals surface area contributed by atoms with E-state index in [9.17, 15) is 9.90 Å². The van der Waals surface area contributed by atoms with Gasteiger partial charge in [0.05, 0.1) is 24.5 Å². The van der Waals surface area contributed by atoms with E-state index in [1.807, 2.05) is 19.9 Å². The van der Waals surface area contributed by atoms with Crippen LogP contribution in [0.2, 0.25) is 0 Å². The molecule has 0 aliphatic carbocycles. The first-order valence-electron chi connectivity index (χ1n) is 9.49. The van der Waals surface area contributed by atoms with Crippen LogP contribution >= 0.6 is 0 Å². The largest absolute Gasteiger partial charge is 0.504 e. The van der Waals surface area contributed by atoms with E-state index in [1.54, 1.807) is 42.6 Å². The van der Waals surface area contributed by atoms with Gasteiger partial charge in [-0.3, -0.25) is 4.99 Å². The van der Waals surface area contributed by atoms with Crippen LogP contribution in [0.15, 0.2) is 54.0 Å². The van der Waals surface area contributed by atoms with Gasteiger partial charge in [0.1, 0.15) is 0 Å². The van der Waals surface area contributed by atoms with E-state index in [0.29, 0.717) is 36.6 Å². The maximum Gasteiger partial charge on any atom is 0.338 e. The highest BCUT2D eigenvalue weighted by Gasteiger charge is 2.10. The third-order valence-corrected chi connectivity index (χ3v) is 4.04. The lowest BCUT2D eigenvalue weighted by Crippen LogP contribution is -2.05. The van der Waals surface area contributed by atoms with Crippen LogP contribution in [0, 0.1) is 0 Å². The lowest BCUT2D eigenvalue weighted by atomic mass is 10.1. The number of hydrogen-bond donors (Lipinski definition) is 1. The Hall–Kier alpha value is -3.08. The van der Waals surface area contributed by atoms with Crippen molar-refractivity contribution in [2.24, 2.45) is 4.99 Å². The number of hydrogen-bond acceptors (Lipinski definition) is 5. The monoisotopic (exact) mass is 381 g/mol. The molecule has 2 rings (SSSR count). The second-order valence-corrected chi connectivity index (χ2v) is 6.25. The number of aliphatic imine (C=N–C) groups is 1. The number of benzene rings is 2. The molecule has 0 heterocycles. The van der Waals surface area contributed by atoms with Gasteiger partial charge in [-0.15, -0.1) is 6.58 Å². The molecular weight excluding hydrogens is 354 g/mol. The summed E-state index contributed by atoms with van der Waals surface area (Å²) in [7, 11) is 0. The molecule has 0 spiro atoms. The van der Waals surface area contributed by atoms with Crippen LogP contribution in [-0.4, -0.2) is 30.5 Å². The third-order valence-electron chi connectivity index (χ3n) is 4.04. The fourth-order valence-corrected chi connectivity index (χ4v) is 2.57. The van der Waals surface area contributed by atoms with Crippen LogP contribution in [0.25, 0.3) is 0 Å². The fraction of sp³-hybridized carbons (Fsp3) is 0.304. The maximum absolute atomic E-state index is 11.9. The van der Waals surface area contributed by atoms with Gasteiger partial charge >= 0.3 is 5.97 Å². The van der Waals surface area contributed by atoms with E-state index in [4.69, 9.17) is 9.47 Å². The highest BCUT2D eigenvalue weighted by molar-refractivity contribution is 5.90. The molecule has 28 heavy (non-hydrogen) atoms. The highest BCUT2D eigenvalue weighted by Crippen LogP contribution is 2.32. The Bertz CT molecular complexity index is 825. The summed E-state index contributed by atoms with van der Waals surface area (Å²) in [5, 5.41) is 10.3. The molecule has 0 fully saturated rings. The van der Waals surface area contributed by atoms with Crippen molar-refractivity contribution in [1.29, 1.82) is 0 Å². The summed E-state index contributed by atoms with van der Waals surface area (Å²) in [5.41, 5.74) is 2.75. The predicted molar refractivity (Wildman–Crippen MR) is 112 cm³/mol. The van der Waals surface area contributed by atoms with Gasteiger partial charge in [0, 0.05) is 11.8 Å². The smallest absolute Gasteiger partial charge is 0.338 e. The van der Waals surface area contributed by atoms with E-state index in [0.717, 1.165) is 24.0 Å². The molecule has 0 saturated heterocycles. The quantitative estimate of drug-likeness (QED) is 0.265. The molecule has 148 valence electrons. The second-order valence-electron chi connectivity index (χ2n) is 6.25. The van der Waals surface area contributed by atoms with Crippen LogP contribution in [0.1, 0.15) is 48.2 Å². The number of ether oxygens (including phenoxy) is 2. The van der Waals surface area contributed by atoms with Crippen LogP contribution in [0.4, 0.5) is 5.69 Å². The topological polar surface area (TPSA) is 68.1 Å². The summed E-state index contributed by atoms with van der Waals surface area (Å²) >= 11 is 0. The van der Waals surface area contributed by atoms with Crippen molar-refractivity contribution < 1.29 is 19.4 Å². The summed E-state index contributed by atoms with van der Waals surface area (Å²) in [6.45, 7) is 8.52. The van der Waals surface area contributed by atoms with Crippen molar-refractivity contribution in [3.8, 4) is 11.5 Å². The Morgan fingerprint density at radius 1 is 1.21 bits per heavy atom. The fourth-order valence-electron chi connectivity index (χ4n) is 2.57. The summed E-state index contributed by atoms with van der Waals surface area (Å²) < 4.78 is 10.7. The van der Waals surface area contributed by atoms with Gasteiger partial charge in [0.15, 0.2) is 11.5 Å². The average molecular weight is 381 g/mol. The van der Waals surface area contributed by atoms with Gasteiger partial charge < -0.3 is 14.6 Å². The molecule has 0 atom stereocenters. The van der Waals surface area contributed by atoms with Crippen LogP contribution in [0.3, 0.4) is 0 Å². The molecule has 0 aliphatic heterocycles. The lowest BCUT2D eigenvalue weighted by molar-refractivity contribution is 0.0500. The van der Waals surface area contributed by atoms with E-state index in [2.05, 4.69) is 11.6 Å². The van der Waals surface area contributed by atoms with Crippen molar-refractivity contribution in [3.63, 3.8) is 0 Å². The number of rotatable bonds is 10. The number of carbonyl (C=O) groups excluding carboxylic acids is 1. The number of carbonyl (C=O) groups is 1. The van der Waals surface area contributed by atoms with Crippen molar-refractivity contribution >= 4 is 17.9 Å². The zero-order chi connectivity index (χ0) is 20.4. The van der Waals surface area contributed by atoms with Crippen molar-refractivity contribution in [2.75, 3.05) is 13.2 Å². The molecule has 2 aromatic carbocycles. The minimum atomic E-state index is -0.321. The zero-order valence-electron chi connectivity index (χ0n) is 16.5. The molecule has 0 unspecified atom stereocenters. The van der Waals surface area contributed by atoms with Gasteiger partial charge in [-0.2, -0.15) is 0 Å². The first-order valence-corrected chi connectivity index (χ1v) is 9.49. The minimum Gasteiger partial charge on any atom is -0.504 e. The molecule has 0 radical (unpaired) electrons. The van der Waals surface area contributed by atoms with Crippen molar-refractivity contribution in [1.82, 2.24) is 0 Å². The van der Waals surface area contributed by atoms with E-state index >= 15 is 0 Å². The minimum absolute atomic E-state index is 0.129. The molecule has 2 aromatic rings. The molecule has 0 aliphatic rings. The Morgan fingerprint density at radius 3 is 2.61 bits per heavy atom. The Labute approximate surface area is 166 Å². The third kappa shape index (κ3) is 5.98. The normalized spacial score (nSPS) is 10.8. The lowest BCUT2D eigenvalue weighted by Gasteiger charge is -2.10. The summed E-state index contributed by atoms with van der Waals surface area (Å²) in [6.07, 6.45) is 5.80. The van der Waals surface area contributed by atoms with Crippen molar-refractivity contribution in [2.45, 2.75) is 33.1 Å². The van der Waals surface area contributed by atoms with E-state index < -0.39 is 0 Å². The molecule has 1 N–H and O–H groups in total. The van der Waals surface area contributed by atoms with Crippen LogP contribution < -0.4 is 4.74 Å². The Balaban J connectivity index is 2.14. The van der Waals surface area contributed by atoms with Gasteiger partial charge in [0.25, 0.3) is 0 Å². The number of unbranched alkanes of at least 4 members (excludes halogenated alkanes) is 1. The van der Waals surface area contributed by atoms with Crippen LogP contribution in [0.5, 0.6) is 11.5 Å². The SMILES string of the molecule is C=CCc1cc(C=Nc2ccc(C(=O)OCCCC)cc2)cc(OCC)c1O. The predicted octanol–water partition coefficient (Wildman–Crippen LogP) is 5.23. The maximum atomic E-state index is 11.9. The van der Waals surface area contributed by atoms with Gasteiger partial charge in [-0.05, 0) is 61.7 Å².